The van der Waals surface area contributed by atoms with Crippen molar-refractivity contribution in [3.05, 3.63) is 59.4 Å². The topological polar surface area (TPSA) is 66.5 Å². The third kappa shape index (κ3) is 5.11. The highest BCUT2D eigenvalue weighted by Crippen LogP contribution is 2.43. The molecule has 0 aromatic heterocycles. The van der Waals surface area contributed by atoms with E-state index in [0.29, 0.717) is 18.5 Å². The molecule has 0 spiro atoms. The monoisotopic (exact) mass is 485 g/mol. The first-order valence-electron chi connectivity index (χ1n) is 10.5. The van der Waals surface area contributed by atoms with Crippen LogP contribution in [0, 0.1) is 5.82 Å². The number of halogens is 4. The molecule has 2 aliphatic rings. The van der Waals surface area contributed by atoms with E-state index in [-0.39, 0.29) is 43.2 Å². The lowest BCUT2D eigenvalue weighted by Crippen LogP contribution is -2.53. The largest absolute Gasteiger partial charge is 0.522 e. The zero-order chi connectivity index (χ0) is 24.3. The van der Waals surface area contributed by atoms with Gasteiger partial charge in [0, 0.05) is 18.5 Å². The number of likely N-dealkylation sites (tertiary alicyclic amines) is 1. The van der Waals surface area contributed by atoms with Crippen molar-refractivity contribution < 1.29 is 46.0 Å². The molecule has 0 saturated carbocycles. The van der Waals surface area contributed by atoms with Gasteiger partial charge in [0.15, 0.2) is 11.5 Å². The van der Waals surface area contributed by atoms with Crippen LogP contribution in [0.15, 0.2) is 42.5 Å². The Labute approximate surface area is 193 Å². The molecule has 11 heteroatoms. The minimum absolute atomic E-state index is 0.0714. The molecule has 2 aromatic rings. The van der Waals surface area contributed by atoms with E-state index >= 15 is 0 Å². The average Bonchev–Trinajstić information content (AvgIpc) is 3.25. The van der Waals surface area contributed by atoms with Crippen LogP contribution in [0.4, 0.5) is 17.6 Å². The van der Waals surface area contributed by atoms with Crippen LogP contribution in [0.2, 0.25) is 0 Å². The van der Waals surface area contributed by atoms with E-state index < -0.39 is 24.7 Å². The lowest BCUT2D eigenvalue weighted by atomic mass is 9.82. The van der Waals surface area contributed by atoms with Crippen molar-refractivity contribution in [2.45, 2.75) is 24.5 Å². The van der Waals surface area contributed by atoms with Crippen LogP contribution in [0.1, 0.15) is 22.3 Å². The van der Waals surface area contributed by atoms with Crippen molar-refractivity contribution in [1.82, 2.24) is 4.90 Å². The van der Waals surface area contributed by atoms with Crippen molar-refractivity contribution in [2.24, 2.45) is 0 Å². The summed E-state index contributed by atoms with van der Waals surface area (Å²) in [7, 11) is 1.37. The van der Waals surface area contributed by atoms with Gasteiger partial charge in [0.05, 0.1) is 20.3 Å². The molecular weight excluding hydrogens is 462 g/mol. The number of hydrogen-bond acceptors (Lipinski definition) is 6. The van der Waals surface area contributed by atoms with Gasteiger partial charge in [-0.15, -0.1) is 13.2 Å². The van der Waals surface area contributed by atoms with E-state index in [4.69, 9.17) is 18.9 Å². The number of methoxy groups -OCH3 is 1. The number of carbonyl (C=O) groups excluding carboxylic acids is 1. The standard InChI is InChI=1S/C23H23F4NO6/c1-30-19-12-15(2-7-18(19)31-10-11-33-23(25,26)27)21(29)28-9-8-22(20(13-28)32-14-34-22)16-3-5-17(24)6-4-16/h2-7,12,20H,8-11,13-14H2,1H3/t20?,22-/m0/s1. The summed E-state index contributed by atoms with van der Waals surface area (Å²) in [5.41, 5.74) is 0.364. The van der Waals surface area contributed by atoms with Crippen molar-refractivity contribution in [1.29, 1.82) is 0 Å². The van der Waals surface area contributed by atoms with Crippen LogP contribution in [0.25, 0.3) is 0 Å². The summed E-state index contributed by atoms with van der Waals surface area (Å²) in [6, 6.07) is 10.5. The minimum Gasteiger partial charge on any atom is -0.493 e. The number of amides is 1. The number of fused-ring (bicyclic) bond motifs is 1. The van der Waals surface area contributed by atoms with Gasteiger partial charge in [0.1, 0.15) is 30.9 Å². The molecule has 2 heterocycles. The summed E-state index contributed by atoms with van der Waals surface area (Å²) >= 11 is 0. The predicted octanol–water partition coefficient (Wildman–Crippen LogP) is 3.86. The molecular formula is C23H23F4NO6. The van der Waals surface area contributed by atoms with Crippen LogP contribution in [0.5, 0.6) is 11.5 Å². The molecule has 0 radical (unpaired) electrons. The highest BCUT2D eigenvalue weighted by atomic mass is 19.4. The Morgan fingerprint density at radius 3 is 2.62 bits per heavy atom. The second kappa shape index (κ2) is 9.77. The molecule has 0 N–H and O–H groups in total. The Morgan fingerprint density at radius 1 is 1.15 bits per heavy atom. The molecule has 2 aromatic carbocycles. The van der Waals surface area contributed by atoms with Gasteiger partial charge in [-0.1, -0.05) is 12.1 Å². The van der Waals surface area contributed by atoms with Crippen molar-refractivity contribution in [3.8, 4) is 11.5 Å². The van der Waals surface area contributed by atoms with Crippen molar-refractivity contribution >= 4 is 5.91 Å². The number of alkyl halides is 3. The molecule has 0 aliphatic carbocycles. The maximum atomic E-state index is 13.4. The first-order chi connectivity index (χ1) is 16.2. The van der Waals surface area contributed by atoms with E-state index in [1.807, 2.05) is 0 Å². The zero-order valence-electron chi connectivity index (χ0n) is 18.3. The van der Waals surface area contributed by atoms with E-state index in [1.54, 1.807) is 17.0 Å². The highest BCUT2D eigenvalue weighted by molar-refractivity contribution is 5.95. The first-order valence-corrected chi connectivity index (χ1v) is 10.5. The van der Waals surface area contributed by atoms with Gasteiger partial charge >= 0.3 is 6.36 Å². The Balaban J connectivity index is 1.43. The molecule has 2 aliphatic heterocycles. The zero-order valence-corrected chi connectivity index (χ0v) is 18.3. The summed E-state index contributed by atoms with van der Waals surface area (Å²) in [4.78, 5) is 14.8. The van der Waals surface area contributed by atoms with E-state index in [0.717, 1.165) is 5.56 Å². The van der Waals surface area contributed by atoms with Gasteiger partial charge in [0.2, 0.25) is 0 Å². The summed E-state index contributed by atoms with van der Waals surface area (Å²) < 4.78 is 75.5. The lowest BCUT2D eigenvalue weighted by Gasteiger charge is -2.42. The third-order valence-electron chi connectivity index (χ3n) is 5.88. The lowest BCUT2D eigenvalue weighted by molar-refractivity contribution is -0.325. The van der Waals surface area contributed by atoms with Gasteiger partial charge < -0.3 is 23.8 Å². The fourth-order valence-corrected chi connectivity index (χ4v) is 4.22. The van der Waals surface area contributed by atoms with Crippen LogP contribution < -0.4 is 9.47 Å². The number of rotatable bonds is 7. The molecule has 7 nitrogen and oxygen atoms in total. The molecule has 184 valence electrons. The summed E-state index contributed by atoms with van der Waals surface area (Å²) in [6.45, 7) is -0.306. The molecule has 4 rings (SSSR count). The molecule has 2 saturated heterocycles. The van der Waals surface area contributed by atoms with Crippen LogP contribution in [-0.2, 0) is 19.8 Å². The number of ether oxygens (including phenoxy) is 5. The second-order valence-corrected chi connectivity index (χ2v) is 7.82. The minimum atomic E-state index is -4.74. The van der Waals surface area contributed by atoms with Gasteiger partial charge in [-0.05, 0) is 35.9 Å². The normalized spacial score (nSPS) is 22.4. The average molecular weight is 485 g/mol. The Morgan fingerprint density at radius 2 is 1.91 bits per heavy atom. The summed E-state index contributed by atoms with van der Waals surface area (Å²) in [6.07, 6.45) is -4.69. The number of piperidine rings is 1. The first kappa shape index (κ1) is 24.2. The molecule has 0 bridgehead atoms. The van der Waals surface area contributed by atoms with Crippen molar-refractivity contribution in [3.63, 3.8) is 0 Å². The van der Waals surface area contributed by atoms with E-state index in [2.05, 4.69) is 4.74 Å². The SMILES string of the molecule is COc1cc(C(=O)N2CC[C@@]3(c4ccc(F)cc4)OCOC3C2)ccc1OCCOC(F)(F)F. The number of carbonyl (C=O) groups is 1. The Bertz CT molecular complexity index is 1020. The van der Waals surface area contributed by atoms with Crippen molar-refractivity contribution in [2.75, 3.05) is 40.2 Å². The van der Waals surface area contributed by atoms with Gasteiger partial charge in [-0.25, -0.2) is 4.39 Å². The van der Waals surface area contributed by atoms with Crippen LogP contribution in [-0.4, -0.2) is 63.5 Å². The number of nitrogens with zero attached hydrogens (tertiary/aromatic N) is 1. The number of hydrogen-bond donors (Lipinski definition) is 0. The molecule has 1 unspecified atom stereocenters. The quantitative estimate of drug-likeness (QED) is 0.438. The molecule has 1 amide bonds. The smallest absolute Gasteiger partial charge is 0.493 e. The van der Waals surface area contributed by atoms with Gasteiger partial charge in [-0.3, -0.25) is 9.53 Å². The Hall–Kier alpha value is -2.89. The number of benzene rings is 2. The predicted molar refractivity (Wildman–Crippen MR) is 110 cm³/mol. The molecule has 2 atom stereocenters. The fraction of sp³-hybridized carbons (Fsp3) is 0.435. The molecule has 34 heavy (non-hydrogen) atoms. The highest BCUT2D eigenvalue weighted by Gasteiger charge is 2.51. The van der Waals surface area contributed by atoms with E-state index in [1.165, 1.54) is 37.4 Å². The summed E-state index contributed by atoms with van der Waals surface area (Å²) in [5, 5.41) is 0. The maximum Gasteiger partial charge on any atom is 0.522 e. The second-order valence-electron chi connectivity index (χ2n) is 7.82. The van der Waals surface area contributed by atoms with Crippen LogP contribution >= 0.6 is 0 Å². The van der Waals surface area contributed by atoms with Gasteiger partial charge in [0.25, 0.3) is 5.91 Å². The third-order valence-corrected chi connectivity index (χ3v) is 5.88. The Kier molecular flexibility index (Phi) is 6.96. The van der Waals surface area contributed by atoms with E-state index in [9.17, 15) is 22.4 Å². The van der Waals surface area contributed by atoms with Crippen LogP contribution in [0.3, 0.4) is 0 Å². The maximum absolute atomic E-state index is 13.4. The van der Waals surface area contributed by atoms with Gasteiger partial charge in [-0.2, -0.15) is 0 Å². The molecule has 2 fully saturated rings. The summed E-state index contributed by atoms with van der Waals surface area (Å²) in [5.74, 6) is -0.228. The fourth-order valence-electron chi connectivity index (χ4n) is 4.22.